The number of rotatable bonds is 7. The summed E-state index contributed by atoms with van der Waals surface area (Å²) >= 11 is 0. The lowest BCUT2D eigenvalue weighted by atomic mass is 9.99. The minimum Gasteiger partial charge on any atom is -0.378 e. The molecule has 1 fully saturated rings. The summed E-state index contributed by atoms with van der Waals surface area (Å²) in [4.78, 5) is 6.68. The molecule has 1 N–H and O–H groups in total. The summed E-state index contributed by atoms with van der Waals surface area (Å²) in [7, 11) is 0. The Kier molecular flexibility index (Phi) is 5.79. The van der Waals surface area contributed by atoms with Gasteiger partial charge < -0.3 is 19.5 Å². The Bertz CT molecular complexity index is 390. The normalized spacial score (nSPS) is 19.1. The van der Waals surface area contributed by atoms with E-state index in [4.69, 9.17) is 9.26 Å². The van der Waals surface area contributed by atoms with Gasteiger partial charge in [-0.3, -0.25) is 0 Å². The summed E-state index contributed by atoms with van der Waals surface area (Å²) in [5.41, 5.74) is 0. The van der Waals surface area contributed by atoms with Crippen LogP contribution < -0.4 is 10.2 Å². The van der Waals surface area contributed by atoms with E-state index in [1.54, 1.807) is 0 Å². The molecule has 1 aromatic rings. The van der Waals surface area contributed by atoms with Gasteiger partial charge in [0.15, 0.2) is 0 Å². The first-order valence-electron chi connectivity index (χ1n) is 7.65. The van der Waals surface area contributed by atoms with Crippen LogP contribution in [0.15, 0.2) is 4.52 Å². The predicted octanol–water partition coefficient (Wildman–Crippen LogP) is 1.79. The topological polar surface area (TPSA) is 63.4 Å². The fraction of sp³-hybridized carbons (Fsp3) is 0.857. The lowest BCUT2D eigenvalue weighted by Gasteiger charge is -2.25. The van der Waals surface area contributed by atoms with Crippen molar-refractivity contribution >= 4 is 5.95 Å². The molecule has 2 heterocycles. The zero-order chi connectivity index (χ0) is 14.4. The maximum Gasteiger partial charge on any atom is 0.266 e. The first kappa shape index (κ1) is 15.3. The third-order valence-corrected chi connectivity index (χ3v) is 3.81. The third-order valence-electron chi connectivity index (χ3n) is 3.81. The molecule has 0 aromatic carbocycles. The monoisotopic (exact) mass is 282 g/mol. The van der Waals surface area contributed by atoms with Crippen LogP contribution >= 0.6 is 0 Å². The van der Waals surface area contributed by atoms with Crippen LogP contribution in [0.1, 0.15) is 45.4 Å². The summed E-state index contributed by atoms with van der Waals surface area (Å²) in [6, 6.07) is 0.382. The number of anilines is 1. The molecule has 2 atom stereocenters. The lowest BCUT2D eigenvalue weighted by Crippen LogP contribution is -2.37. The Balaban J connectivity index is 1.98. The van der Waals surface area contributed by atoms with E-state index in [0.717, 1.165) is 51.6 Å². The molecule has 2 unspecified atom stereocenters. The van der Waals surface area contributed by atoms with Gasteiger partial charge in [0, 0.05) is 19.1 Å². The number of nitrogens with zero attached hydrogens (tertiary/aromatic N) is 3. The van der Waals surface area contributed by atoms with Gasteiger partial charge in [-0.2, -0.15) is 4.98 Å². The molecule has 1 aliphatic heterocycles. The van der Waals surface area contributed by atoms with E-state index in [9.17, 15) is 0 Å². The molecule has 1 saturated heterocycles. The maximum atomic E-state index is 5.46. The predicted molar refractivity (Wildman–Crippen MR) is 78.1 cm³/mol. The van der Waals surface area contributed by atoms with E-state index >= 15 is 0 Å². The molecule has 0 aliphatic carbocycles. The first-order chi connectivity index (χ1) is 9.76. The molecule has 1 aromatic heterocycles. The molecule has 20 heavy (non-hydrogen) atoms. The van der Waals surface area contributed by atoms with Crippen molar-refractivity contribution in [1.82, 2.24) is 15.5 Å². The number of hydrogen-bond donors (Lipinski definition) is 1. The van der Waals surface area contributed by atoms with Gasteiger partial charge in [-0.25, -0.2) is 0 Å². The van der Waals surface area contributed by atoms with Gasteiger partial charge in [0.1, 0.15) is 0 Å². The summed E-state index contributed by atoms with van der Waals surface area (Å²) in [5.74, 6) is 1.65. The van der Waals surface area contributed by atoms with Gasteiger partial charge in [-0.1, -0.05) is 20.8 Å². The Labute approximate surface area is 120 Å². The van der Waals surface area contributed by atoms with Crippen LogP contribution in [0.3, 0.4) is 0 Å². The van der Waals surface area contributed by atoms with Crippen LogP contribution in [-0.4, -0.2) is 49.0 Å². The van der Waals surface area contributed by atoms with Crippen LogP contribution in [0.25, 0.3) is 0 Å². The largest absolute Gasteiger partial charge is 0.378 e. The average Bonchev–Trinajstić information content (AvgIpc) is 2.98. The molecule has 0 amide bonds. The second-order valence-corrected chi connectivity index (χ2v) is 5.29. The van der Waals surface area contributed by atoms with Crippen molar-refractivity contribution in [2.24, 2.45) is 0 Å². The Morgan fingerprint density at radius 1 is 1.30 bits per heavy atom. The minimum atomic E-state index is 0.230. The van der Waals surface area contributed by atoms with Crippen molar-refractivity contribution in [2.45, 2.75) is 45.6 Å². The molecule has 6 heteroatoms. The number of nitrogens with one attached hydrogen (secondary N) is 1. The van der Waals surface area contributed by atoms with Crippen molar-refractivity contribution in [3.05, 3.63) is 5.89 Å². The molecule has 114 valence electrons. The maximum absolute atomic E-state index is 5.46. The zero-order valence-corrected chi connectivity index (χ0v) is 12.8. The Hall–Kier alpha value is -1.14. The van der Waals surface area contributed by atoms with Gasteiger partial charge >= 0.3 is 0 Å². The van der Waals surface area contributed by atoms with E-state index < -0.39 is 0 Å². The fourth-order valence-corrected chi connectivity index (χ4v) is 2.48. The van der Waals surface area contributed by atoms with Gasteiger partial charge in [0.25, 0.3) is 5.95 Å². The van der Waals surface area contributed by atoms with Gasteiger partial charge in [-0.15, -0.1) is 0 Å². The Morgan fingerprint density at radius 2 is 2.05 bits per heavy atom. The van der Waals surface area contributed by atoms with Crippen LogP contribution in [-0.2, 0) is 4.74 Å². The summed E-state index contributed by atoms with van der Waals surface area (Å²) in [6.45, 7) is 10.7. The number of hydrogen-bond acceptors (Lipinski definition) is 6. The minimum absolute atomic E-state index is 0.230. The lowest BCUT2D eigenvalue weighted by molar-refractivity contribution is 0.121. The molecule has 6 nitrogen and oxygen atoms in total. The van der Waals surface area contributed by atoms with E-state index in [1.807, 2.05) is 0 Å². The number of aromatic nitrogens is 2. The quantitative estimate of drug-likeness (QED) is 0.822. The zero-order valence-electron chi connectivity index (χ0n) is 12.8. The number of ether oxygens (including phenoxy) is 1. The van der Waals surface area contributed by atoms with Crippen LogP contribution in [0.4, 0.5) is 5.95 Å². The standard InChI is InChI=1S/C14H26N4O2/c1-4-6-15-12(5-2)11(3)13-16-14(17-20-13)18-7-9-19-10-8-18/h11-12,15H,4-10H2,1-3H3. The smallest absolute Gasteiger partial charge is 0.266 e. The van der Waals surface area contributed by atoms with Gasteiger partial charge in [0.2, 0.25) is 5.89 Å². The highest BCUT2D eigenvalue weighted by molar-refractivity contribution is 5.28. The van der Waals surface area contributed by atoms with Crippen LogP contribution in [0.2, 0.25) is 0 Å². The SMILES string of the molecule is CCCNC(CC)C(C)c1nc(N2CCOCC2)no1. The summed E-state index contributed by atoms with van der Waals surface area (Å²) < 4.78 is 10.8. The molecule has 0 radical (unpaired) electrons. The summed E-state index contributed by atoms with van der Waals surface area (Å²) in [6.07, 6.45) is 2.18. The highest BCUT2D eigenvalue weighted by Crippen LogP contribution is 2.22. The Morgan fingerprint density at radius 3 is 2.70 bits per heavy atom. The van der Waals surface area contributed by atoms with Gasteiger partial charge in [-0.05, 0) is 24.5 Å². The number of morpholine rings is 1. The molecular weight excluding hydrogens is 256 g/mol. The average molecular weight is 282 g/mol. The summed E-state index contributed by atoms with van der Waals surface area (Å²) in [5, 5.41) is 7.66. The second kappa shape index (κ2) is 7.59. The van der Waals surface area contributed by atoms with Crippen LogP contribution in [0, 0.1) is 0 Å². The third kappa shape index (κ3) is 3.70. The van der Waals surface area contributed by atoms with E-state index in [-0.39, 0.29) is 5.92 Å². The van der Waals surface area contributed by atoms with Crippen molar-refractivity contribution in [3.63, 3.8) is 0 Å². The highest BCUT2D eigenvalue weighted by Gasteiger charge is 2.24. The molecule has 2 rings (SSSR count). The van der Waals surface area contributed by atoms with E-state index in [0.29, 0.717) is 12.0 Å². The molecule has 0 saturated carbocycles. The van der Waals surface area contributed by atoms with Gasteiger partial charge in [0.05, 0.1) is 19.1 Å². The van der Waals surface area contributed by atoms with Crippen molar-refractivity contribution in [1.29, 1.82) is 0 Å². The first-order valence-corrected chi connectivity index (χ1v) is 7.65. The van der Waals surface area contributed by atoms with Crippen molar-refractivity contribution in [3.8, 4) is 0 Å². The molecule has 0 bridgehead atoms. The van der Waals surface area contributed by atoms with E-state index in [2.05, 4.69) is 41.1 Å². The second-order valence-electron chi connectivity index (χ2n) is 5.29. The van der Waals surface area contributed by atoms with Crippen molar-refractivity contribution < 1.29 is 9.26 Å². The molecule has 0 spiro atoms. The van der Waals surface area contributed by atoms with Crippen molar-refractivity contribution in [2.75, 3.05) is 37.7 Å². The fourth-order valence-electron chi connectivity index (χ4n) is 2.48. The van der Waals surface area contributed by atoms with E-state index in [1.165, 1.54) is 0 Å². The highest BCUT2D eigenvalue weighted by atomic mass is 16.5. The van der Waals surface area contributed by atoms with Crippen LogP contribution in [0.5, 0.6) is 0 Å². The molecular formula is C14H26N4O2. The molecule has 1 aliphatic rings.